The van der Waals surface area contributed by atoms with Crippen molar-refractivity contribution in [2.24, 2.45) is 0 Å². The first-order valence-corrected chi connectivity index (χ1v) is 14.4. The topological polar surface area (TPSA) is 44.9 Å². The molecule has 0 aliphatic heterocycles. The van der Waals surface area contributed by atoms with Crippen LogP contribution in [0.4, 0.5) is 0 Å². The molecule has 206 valence electrons. The minimum Gasteiger partial charge on any atom is -0.457 e. The molecule has 0 bridgehead atoms. The van der Waals surface area contributed by atoms with Crippen molar-refractivity contribution in [1.29, 1.82) is 0 Å². The van der Waals surface area contributed by atoms with Gasteiger partial charge in [0, 0.05) is 40.4 Å². The highest BCUT2D eigenvalue weighted by Gasteiger charge is 2.17. The standard InChI is InChI=1S/C37H32N4O/c1-4-11-27-17-20-34-33(22-27)32-19-18-31(24-35(32)40(34)36-16-8-9-21-38-36)42-30-15-10-14-29(23-30)41-26(3)37(25(2)39-41)28-12-6-5-7-13-28/h5-10,12-24H,4,11H2,1-3H3/i8D. The molecule has 5 heteroatoms. The van der Waals surface area contributed by atoms with E-state index in [1.165, 1.54) is 10.9 Å². The minimum absolute atomic E-state index is 0.423. The van der Waals surface area contributed by atoms with E-state index < -0.39 is 0 Å². The van der Waals surface area contributed by atoms with Gasteiger partial charge in [0.15, 0.2) is 0 Å². The predicted octanol–water partition coefficient (Wildman–Crippen LogP) is 9.39. The fourth-order valence-electron chi connectivity index (χ4n) is 5.97. The summed E-state index contributed by atoms with van der Waals surface area (Å²) in [5.74, 6) is 2.17. The minimum atomic E-state index is 0.423. The normalized spacial score (nSPS) is 11.7. The number of hydrogen-bond donors (Lipinski definition) is 0. The Kier molecular flexibility index (Phi) is 6.26. The van der Waals surface area contributed by atoms with Crippen LogP contribution in [0, 0.1) is 13.8 Å². The number of fused-ring (bicyclic) bond motifs is 3. The number of ether oxygens (including phenoxy) is 1. The van der Waals surface area contributed by atoms with Gasteiger partial charge in [-0.1, -0.05) is 61.9 Å². The van der Waals surface area contributed by atoms with Gasteiger partial charge in [0.05, 0.1) is 23.8 Å². The summed E-state index contributed by atoms with van der Waals surface area (Å²) in [6.07, 6.45) is 3.81. The zero-order valence-corrected chi connectivity index (χ0v) is 24.0. The Morgan fingerprint density at radius 3 is 2.48 bits per heavy atom. The molecule has 0 unspecified atom stereocenters. The Labute approximate surface area is 247 Å². The molecule has 4 aromatic carbocycles. The van der Waals surface area contributed by atoms with Crippen molar-refractivity contribution in [3.63, 3.8) is 0 Å². The summed E-state index contributed by atoms with van der Waals surface area (Å²) < 4.78 is 18.8. The van der Waals surface area contributed by atoms with Crippen LogP contribution in [0.3, 0.4) is 0 Å². The van der Waals surface area contributed by atoms with Crippen molar-refractivity contribution >= 4 is 21.8 Å². The van der Waals surface area contributed by atoms with Crippen molar-refractivity contribution in [3.8, 4) is 34.1 Å². The lowest BCUT2D eigenvalue weighted by Gasteiger charge is -2.11. The summed E-state index contributed by atoms with van der Waals surface area (Å²) in [5.41, 5.74) is 8.68. The van der Waals surface area contributed by atoms with E-state index in [1.54, 1.807) is 18.3 Å². The van der Waals surface area contributed by atoms with Crippen LogP contribution in [0.1, 0.15) is 31.7 Å². The molecule has 0 spiro atoms. The maximum Gasteiger partial charge on any atom is 0.137 e. The summed E-state index contributed by atoms with van der Waals surface area (Å²) in [6, 6.07) is 35.2. The molecule has 0 aliphatic rings. The van der Waals surface area contributed by atoms with Gasteiger partial charge in [0.2, 0.25) is 0 Å². The lowest BCUT2D eigenvalue weighted by Crippen LogP contribution is -1.99. The van der Waals surface area contributed by atoms with Crippen LogP contribution in [0.15, 0.2) is 115 Å². The molecule has 0 aliphatic carbocycles. The maximum absolute atomic E-state index is 8.22. The molecule has 7 rings (SSSR count). The van der Waals surface area contributed by atoms with Crippen molar-refractivity contribution < 1.29 is 6.11 Å². The number of rotatable bonds is 7. The third kappa shape index (κ3) is 4.53. The molecule has 5 nitrogen and oxygen atoms in total. The lowest BCUT2D eigenvalue weighted by atomic mass is 10.0. The van der Waals surface area contributed by atoms with Crippen LogP contribution in [0.5, 0.6) is 11.5 Å². The van der Waals surface area contributed by atoms with Gasteiger partial charge in [-0.3, -0.25) is 4.57 Å². The van der Waals surface area contributed by atoms with Crippen LogP contribution in [-0.4, -0.2) is 19.3 Å². The van der Waals surface area contributed by atoms with Crippen LogP contribution < -0.4 is 4.74 Å². The molecule has 42 heavy (non-hydrogen) atoms. The Bertz CT molecular complexity index is 2110. The molecule has 0 saturated carbocycles. The average Bonchev–Trinajstić information content (AvgIpc) is 3.50. The van der Waals surface area contributed by atoms with Gasteiger partial charge < -0.3 is 4.74 Å². The number of aryl methyl sites for hydroxylation is 2. The second kappa shape index (κ2) is 10.7. The quantitative estimate of drug-likeness (QED) is 0.199. The van der Waals surface area contributed by atoms with Gasteiger partial charge in [-0.05, 0) is 79.9 Å². The van der Waals surface area contributed by atoms with Crippen LogP contribution in [-0.2, 0) is 6.42 Å². The summed E-state index contributed by atoms with van der Waals surface area (Å²) >= 11 is 0. The summed E-state index contributed by atoms with van der Waals surface area (Å²) in [7, 11) is 0. The van der Waals surface area contributed by atoms with E-state index in [1.807, 2.05) is 35.0 Å². The molecule has 0 atom stereocenters. The van der Waals surface area contributed by atoms with Crippen molar-refractivity contribution in [2.45, 2.75) is 33.6 Å². The highest BCUT2D eigenvalue weighted by molar-refractivity contribution is 6.09. The fraction of sp³-hybridized carbons (Fsp3) is 0.135. The zero-order chi connectivity index (χ0) is 29.5. The van der Waals surface area contributed by atoms with Crippen molar-refractivity contribution in [3.05, 3.63) is 132 Å². The monoisotopic (exact) mass is 549 g/mol. The van der Waals surface area contributed by atoms with Gasteiger partial charge in [-0.2, -0.15) is 5.10 Å². The first-order valence-electron chi connectivity index (χ1n) is 14.9. The molecule has 0 fully saturated rings. The third-order valence-corrected chi connectivity index (χ3v) is 7.81. The van der Waals surface area contributed by atoms with Crippen LogP contribution in [0.2, 0.25) is 0 Å². The number of hydrogen-bond acceptors (Lipinski definition) is 3. The summed E-state index contributed by atoms with van der Waals surface area (Å²) in [5, 5.41) is 7.18. The van der Waals surface area contributed by atoms with E-state index in [9.17, 15) is 0 Å². The van der Waals surface area contributed by atoms with E-state index in [-0.39, 0.29) is 0 Å². The largest absolute Gasteiger partial charge is 0.457 e. The highest BCUT2D eigenvalue weighted by atomic mass is 16.5. The molecule has 3 heterocycles. The summed E-state index contributed by atoms with van der Waals surface area (Å²) in [6.45, 7) is 6.36. The second-order valence-electron chi connectivity index (χ2n) is 10.7. The number of nitrogens with zero attached hydrogens (tertiary/aromatic N) is 4. The third-order valence-electron chi connectivity index (χ3n) is 7.81. The highest BCUT2D eigenvalue weighted by Crippen LogP contribution is 2.36. The molecule has 3 aromatic heterocycles. The fourth-order valence-corrected chi connectivity index (χ4v) is 5.97. The second-order valence-corrected chi connectivity index (χ2v) is 10.7. The smallest absolute Gasteiger partial charge is 0.137 e. The van der Waals surface area contributed by atoms with Crippen LogP contribution >= 0.6 is 0 Å². The Balaban J connectivity index is 1.30. The van der Waals surface area contributed by atoms with E-state index >= 15 is 0 Å². The first-order chi connectivity index (χ1) is 21.0. The Hall–Kier alpha value is -5.16. The molecule has 0 N–H and O–H groups in total. The zero-order valence-electron chi connectivity index (χ0n) is 25.0. The van der Waals surface area contributed by atoms with Gasteiger partial charge in [-0.25, -0.2) is 9.67 Å². The van der Waals surface area contributed by atoms with E-state index in [4.69, 9.17) is 11.2 Å². The predicted molar refractivity (Wildman–Crippen MR) is 171 cm³/mol. The SMILES string of the molecule is [2H]c1ccnc(-n2c3ccc(CCC)cc3c3ccc(Oc4cccc(-n5nc(C)c(-c6ccccc6)c5C)c4)cc32)c1. The van der Waals surface area contributed by atoms with Crippen molar-refractivity contribution in [2.75, 3.05) is 0 Å². The van der Waals surface area contributed by atoms with Gasteiger partial charge in [0.1, 0.15) is 17.3 Å². The summed E-state index contributed by atoms with van der Waals surface area (Å²) in [4.78, 5) is 4.63. The van der Waals surface area contributed by atoms with Gasteiger partial charge >= 0.3 is 0 Å². The maximum atomic E-state index is 8.22. The van der Waals surface area contributed by atoms with E-state index in [2.05, 4.69) is 91.0 Å². The number of benzene rings is 4. The Morgan fingerprint density at radius 1 is 0.786 bits per heavy atom. The molecule has 0 saturated heterocycles. The molecule has 0 amide bonds. The van der Waals surface area contributed by atoms with Gasteiger partial charge in [-0.15, -0.1) is 0 Å². The lowest BCUT2D eigenvalue weighted by molar-refractivity contribution is 0.483. The first kappa shape index (κ1) is 24.6. The molecular formula is C37H32N4O. The van der Waals surface area contributed by atoms with E-state index in [0.29, 0.717) is 11.9 Å². The molecule has 0 radical (unpaired) electrons. The number of pyridine rings is 1. The molecular weight excluding hydrogens is 516 g/mol. The van der Waals surface area contributed by atoms with Gasteiger partial charge in [0.25, 0.3) is 0 Å². The number of aromatic nitrogens is 4. The van der Waals surface area contributed by atoms with E-state index in [0.717, 1.165) is 69.0 Å². The van der Waals surface area contributed by atoms with Crippen LogP contribution in [0.25, 0.3) is 44.4 Å². The molecule has 7 aromatic rings. The average molecular weight is 550 g/mol. The Morgan fingerprint density at radius 2 is 1.64 bits per heavy atom. The van der Waals surface area contributed by atoms with Crippen molar-refractivity contribution in [1.82, 2.24) is 19.3 Å².